The number of aliphatic hydroxyl groups excluding tert-OH is 1. The molecule has 0 aromatic heterocycles. The fraction of sp³-hybridized carbons (Fsp3) is 1.00. The first-order valence-electron chi connectivity index (χ1n) is 7.50. The van der Waals surface area contributed by atoms with Gasteiger partial charge in [-0.3, -0.25) is 4.90 Å². The Labute approximate surface area is 114 Å². The van der Waals surface area contributed by atoms with Crippen LogP contribution in [0, 0.1) is 0 Å². The largest absolute Gasteiger partial charge is 0.391 e. The van der Waals surface area contributed by atoms with Gasteiger partial charge in [0.25, 0.3) is 0 Å². The van der Waals surface area contributed by atoms with Gasteiger partial charge in [0, 0.05) is 38.6 Å². The lowest BCUT2D eigenvalue weighted by atomic mass is 9.86. The molecular weight excluding hydrogens is 246 g/mol. The topological polar surface area (TPSA) is 51.2 Å². The highest BCUT2D eigenvalue weighted by atomic mass is 16.7. The van der Waals surface area contributed by atoms with E-state index in [1.54, 1.807) is 0 Å². The molecule has 0 amide bonds. The number of aliphatic hydroxyl groups is 1. The van der Waals surface area contributed by atoms with Crippen LogP contribution in [-0.4, -0.2) is 67.0 Å². The molecule has 0 bridgehead atoms. The fourth-order valence-corrected chi connectivity index (χ4v) is 3.58. The summed E-state index contributed by atoms with van der Waals surface area (Å²) in [5, 5.41) is 10.3. The third-order valence-electron chi connectivity index (χ3n) is 4.55. The summed E-state index contributed by atoms with van der Waals surface area (Å²) in [4.78, 5) is 2.37. The normalized spacial score (nSPS) is 40.4. The Hall–Kier alpha value is -0.200. The maximum Gasteiger partial charge on any atom is 0.170 e. The molecule has 5 nitrogen and oxygen atoms in total. The van der Waals surface area contributed by atoms with Gasteiger partial charge in [0.2, 0.25) is 0 Å². The van der Waals surface area contributed by atoms with Crippen molar-refractivity contribution in [3.05, 3.63) is 0 Å². The molecule has 19 heavy (non-hydrogen) atoms. The zero-order valence-corrected chi connectivity index (χ0v) is 11.7. The molecule has 0 aromatic carbocycles. The number of ether oxygens (including phenoxy) is 3. The van der Waals surface area contributed by atoms with Gasteiger partial charge >= 0.3 is 0 Å². The van der Waals surface area contributed by atoms with E-state index in [1.165, 1.54) is 0 Å². The number of hydrogen-bond donors (Lipinski definition) is 1. The minimum Gasteiger partial charge on any atom is -0.391 e. The van der Waals surface area contributed by atoms with Crippen molar-refractivity contribution in [2.45, 2.75) is 56.6 Å². The second-order valence-corrected chi connectivity index (χ2v) is 6.01. The molecule has 3 unspecified atom stereocenters. The van der Waals surface area contributed by atoms with Crippen LogP contribution in [0.15, 0.2) is 0 Å². The fourth-order valence-electron chi connectivity index (χ4n) is 3.58. The monoisotopic (exact) mass is 271 g/mol. The van der Waals surface area contributed by atoms with Crippen LogP contribution in [0.1, 0.15) is 32.6 Å². The van der Waals surface area contributed by atoms with E-state index in [2.05, 4.69) is 11.8 Å². The highest BCUT2D eigenvalue weighted by Crippen LogP contribution is 2.38. The Morgan fingerprint density at radius 1 is 1.21 bits per heavy atom. The summed E-state index contributed by atoms with van der Waals surface area (Å²) >= 11 is 0. The van der Waals surface area contributed by atoms with Crippen LogP contribution in [0.5, 0.6) is 0 Å². The van der Waals surface area contributed by atoms with E-state index >= 15 is 0 Å². The first kappa shape index (κ1) is 13.8. The van der Waals surface area contributed by atoms with Gasteiger partial charge < -0.3 is 19.3 Å². The number of rotatable bonds is 1. The summed E-state index contributed by atoms with van der Waals surface area (Å²) in [6, 6.07) is 0.135. The number of nitrogens with zero attached hydrogens (tertiary/aromatic N) is 1. The molecule has 3 aliphatic rings. The maximum atomic E-state index is 10.3. The highest BCUT2D eigenvalue weighted by molar-refractivity contribution is 4.94. The van der Waals surface area contributed by atoms with Crippen LogP contribution in [0.3, 0.4) is 0 Å². The minimum atomic E-state index is -0.430. The molecule has 2 saturated heterocycles. The molecule has 3 fully saturated rings. The Bertz CT molecular complexity index is 306. The molecule has 0 aromatic rings. The van der Waals surface area contributed by atoms with Crippen molar-refractivity contribution in [1.29, 1.82) is 0 Å². The van der Waals surface area contributed by atoms with Gasteiger partial charge in [0.05, 0.1) is 25.4 Å². The van der Waals surface area contributed by atoms with Gasteiger partial charge in [-0.05, 0) is 19.8 Å². The van der Waals surface area contributed by atoms with E-state index in [-0.39, 0.29) is 18.2 Å². The average Bonchev–Trinajstić information content (AvgIpc) is 2.74. The minimum absolute atomic E-state index is 0.135. The third kappa shape index (κ3) is 2.95. The Kier molecular flexibility index (Phi) is 4.10. The Morgan fingerprint density at radius 3 is 2.79 bits per heavy atom. The van der Waals surface area contributed by atoms with Crippen molar-refractivity contribution in [3.8, 4) is 0 Å². The molecule has 3 rings (SSSR count). The first-order chi connectivity index (χ1) is 9.19. The van der Waals surface area contributed by atoms with E-state index in [0.29, 0.717) is 13.2 Å². The van der Waals surface area contributed by atoms with Crippen LogP contribution in [0.2, 0.25) is 0 Å². The van der Waals surface area contributed by atoms with Crippen LogP contribution >= 0.6 is 0 Å². The van der Waals surface area contributed by atoms with E-state index in [0.717, 1.165) is 45.4 Å². The van der Waals surface area contributed by atoms with Crippen molar-refractivity contribution < 1.29 is 19.3 Å². The zero-order valence-electron chi connectivity index (χ0n) is 11.7. The van der Waals surface area contributed by atoms with E-state index in [4.69, 9.17) is 14.2 Å². The molecular formula is C14H25NO4. The third-order valence-corrected chi connectivity index (χ3v) is 4.55. The summed E-state index contributed by atoms with van der Waals surface area (Å²) in [5.41, 5.74) is 0. The highest BCUT2D eigenvalue weighted by Gasteiger charge is 2.46. The van der Waals surface area contributed by atoms with Crippen molar-refractivity contribution in [2.75, 3.05) is 32.9 Å². The summed E-state index contributed by atoms with van der Waals surface area (Å²) in [6.45, 7) is 6.16. The van der Waals surface area contributed by atoms with Crippen molar-refractivity contribution in [2.24, 2.45) is 0 Å². The van der Waals surface area contributed by atoms with Gasteiger partial charge in [0.1, 0.15) is 0 Å². The lowest BCUT2D eigenvalue weighted by Gasteiger charge is -2.44. The lowest BCUT2D eigenvalue weighted by molar-refractivity contribution is -0.205. The lowest BCUT2D eigenvalue weighted by Crippen LogP contribution is -2.54. The molecule has 110 valence electrons. The summed E-state index contributed by atoms with van der Waals surface area (Å²) < 4.78 is 17.3. The van der Waals surface area contributed by atoms with Crippen molar-refractivity contribution >= 4 is 0 Å². The SMILES string of the molecule is CC1CN(C2CC3(CCC2O)OCCO3)CCCO1. The first-order valence-corrected chi connectivity index (χ1v) is 7.50. The quantitative estimate of drug-likeness (QED) is 0.763. The van der Waals surface area contributed by atoms with Crippen LogP contribution in [-0.2, 0) is 14.2 Å². The molecule has 1 saturated carbocycles. The summed E-state index contributed by atoms with van der Waals surface area (Å²) in [5.74, 6) is -0.430. The van der Waals surface area contributed by atoms with E-state index < -0.39 is 5.79 Å². The van der Waals surface area contributed by atoms with Gasteiger partial charge in [0.15, 0.2) is 5.79 Å². The molecule has 1 aliphatic carbocycles. The Balaban J connectivity index is 1.69. The predicted octanol–water partition coefficient (Wildman–Crippen LogP) is 0.754. The van der Waals surface area contributed by atoms with E-state index in [1.807, 2.05) is 0 Å². The van der Waals surface area contributed by atoms with Crippen molar-refractivity contribution in [3.63, 3.8) is 0 Å². The van der Waals surface area contributed by atoms with E-state index in [9.17, 15) is 5.11 Å². The van der Waals surface area contributed by atoms with Crippen LogP contribution in [0.4, 0.5) is 0 Å². The molecule has 2 aliphatic heterocycles. The molecule has 3 atom stereocenters. The second kappa shape index (κ2) is 5.66. The summed E-state index contributed by atoms with van der Waals surface area (Å²) in [6.07, 6.45) is 3.34. The van der Waals surface area contributed by atoms with Gasteiger partial charge in [-0.1, -0.05) is 0 Å². The van der Waals surface area contributed by atoms with Gasteiger partial charge in [-0.25, -0.2) is 0 Å². The standard InChI is InChI=1S/C14H25NO4/c1-11-10-15(5-2-6-17-11)12-9-14(4-3-13(12)16)18-7-8-19-14/h11-13,16H,2-10H2,1H3. The summed E-state index contributed by atoms with van der Waals surface area (Å²) in [7, 11) is 0. The molecule has 1 spiro atoms. The molecule has 5 heteroatoms. The second-order valence-electron chi connectivity index (χ2n) is 6.01. The van der Waals surface area contributed by atoms with Gasteiger partial charge in [-0.2, -0.15) is 0 Å². The van der Waals surface area contributed by atoms with Gasteiger partial charge in [-0.15, -0.1) is 0 Å². The van der Waals surface area contributed by atoms with Crippen LogP contribution < -0.4 is 0 Å². The smallest absolute Gasteiger partial charge is 0.170 e. The Morgan fingerprint density at radius 2 is 2.00 bits per heavy atom. The molecule has 1 N–H and O–H groups in total. The van der Waals surface area contributed by atoms with Crippen molar-refractivity contribution in [1.82, 2.24) is 4.90 Å². The van der Waals surface area contributed by atoms with Crippen LogP contribution in [0.25, 0.3) is 0 Å². The molecule has 2 heterocycles. The average molecular weight is 271 g/mol. The maximum absolute atomic E-state index is 10.3. The number of hydrogen-bond acceptors (Lipinski definition) is 5. The predicted molar refractivity (Wildman–Crippen MR) is 69.9 cm³/mol. The molecule has 0 radical (unpaired) electrons. The zero-order chi connectivity index (χ0) is 13.3.